The Morgan fingerprint density at radius 3 is 3.00 bits per heavy atom. The molecule has 106 valence electrons. The van der Waals surface area contributed by atoms with Gasteiger partial charge in [-0.1, -0.05) is 0 Å². The molecule has 0 aliphatic rings. The highest BCUT2D eigenvalue weighted by atomic mass is 32.2. The highest BCUT2D eigenvalue weighted by Gasteiger charge is 2.23. The molecule has 0 N–H and O–H groups in total. The van der Waals surface area contributed by atoms with Crippen molar-refractivity contribution in [3.05, 3.63) is 41.0 Å². The number of nitro groups is 1. The van der Waals surface area contributed by atoms with Gasteiger partial charge in [0.2, 0.25) is 12.2 Å². The largest absolute Gasteiger partial charge is 0.411 e. The number of pyridine rings is 1. The van der Waals surface area contributed by atoms with Crippen molar-refractivity contribution in [2.75, 3.05) is 0 Å². The maximum absolute atomic E-state index is 10.9. The number of nitrogens with zero attached hydrogens (tertiary/aromatic N) is 6. The first-order valence-electron chi connectivity index (χ1n) is 5.72. The predicted molar refractivity (Wildman–Crippen MR) is 71.5 cm³/mol. The topological polar surface area (TPSA) is 113 Å². The first-order valence-corrected chi connectivity index (χ1v) is 6.54. The molecule has 3 aromatic heterocycles. The normalized spacial score (nSPS) is 10.7. The Kier molecular flexibility index (Phi) is 3.36. The maximum Gasteiger partial charge on any atom is 0.396 e. The van der Waals surface area contributed by atoms with E-state index in [1.165, 1.54) is 10.9 Å². The zero-order valence-electron chi connectivity index (χ0n) is 10.7. The molecule has 3 heterocycles. The molecule has 0 aromatic carbocycles. The van der Waals surface area contributed by atoms with Gasteiger partial charge in [0.15, 0.2) is 5.03 Å². The highest BCUT2D eigenvalue weighted by molar-refractivity contribution is 7.99. The molecule has 10 heteroatoms. The Morgan fingerprint density at radius 1 is 1.43 bits per heavy atom. The molecule has 0 aliphatic carbocycles. The van der Waals surface area contributed by atoms with Gasteiger partial charge in [0.1, 0.15) is 0 Å². The first-order chi connectivity index (χ1) is 10.1. The van der Waals surface area contributed by atoms with Crippen LogP contribution in [0.4, 0.5) is 5.82 Å². The summed E-state index contributed by atoms with van der Waals surface area (Å²) in [6, 6.07) is 3.53. The Balaban J connectivity index is 1.89. The summed E-state index contributed by atoms with van der Waals surface area (Å²) in [6.45, 7) is 0. The average molecular weight is 304 g/mol. The summed E-state index contributed by atoms with van der Waals surface area (Å²) >= 11 is 0.989. The molecule has 0 unspecified atom stereocenters. The van der Waals surface area contributed by atoms with Crippen LogP contribution in [0, 0.1) is 10.1 Å². The molecule has 0 saturated carbocycles. The van der Waals surface area contributed by atoms with E-state index >= 15 is 0 Å². The van der Waals surface area contributed by atoms with Crippen molar-refractivity contribution < 1.29 is 9.34 Å². The van der Waals surface area contributed by atoms with Gasteiger partial charge < -0.3 is 19.1 Å². The Morgan fingerprint density at radius 2 is 2.29 bits per heavy atom. The molecule has 9 nitrogen and oxygen atoms in total. The lowest BCUT2D eigenvalue weighted by atomic mass is 10.3. The summed E-state index contributed by atoms with van der Waals surface area (Å²) in [5.41, 5.74) is 0.677. The molecule has 0 atom stereocenters. The maximum atomic E-state index is 10.9. The fourth-order valence-electron chi connectivity index (χ4n) is 1.59. The minimum absolute atomic E-state index is 0.195. The third-order valence-corrected chi connectivity index (χ3v) is 3.54. The van der Waals surface area contributed by atoms with Crippen molar-refractivity contribution in [1.29, 1.82) is 0 Å². The molecule has 0 amide bonds. The third-order valence-electron chi connectivity index (χ3n) is 2.54. The van der Waals surface area contributed by atoms with Gasteiger partial charge in [-0.05, 0) is 33.8 Å². The van der Waals surface area contributed by atoms with E-state index in [-0.39, 0.29) is 11.0 Å². The van der Waals surface area contributed by atoms with Crippen LogP contribution in [0.5, 0.6) is 0 Å². The summed E-state index contributed by atoms with van der Waals surface area (Å²) in [5, 5.41) is 19.2. The summed E-state index contributed by atoms with van der Waals surface area (Å²) in [5.74, 6) is 0.0547. The minimum Gasteiger partial charge on any atom is -0.411 e. The van der Waals surface area contributed by atoms with Gasteiger partial charge in [-0.25, -0.2) is 0 Å². The van der Waals surface area contributed by atoms with Gasteiger partial charge in [0, 0.05) is 19.4 Å². The summed E-state index contributed by atoms with van der Waals surface area (Å²) in [4.78, 5) is 18.0. The monoisotopic (exact) mass is 304 g/mol. The third kappa shape index (κ3) is 2.60. The molecule has 0 bridgehead atoms. The quantitative estimate of drug-likeness (QED) is 0.530. The van der Waals surface area contributed by atoms with Gasteiger partial charge in [0.25, 0.3) is 5.22 Å². The minimum atomic E-state index is -0.555. The van der Waals surface area contributed by atoms with E-state index < -0.39 is 4.92 Å². The molecule has 0 aliphatic heterocycles. The van der Waals surface area contributed by atoms with E-state index in [1.807, 2.05) is 0 Å². The zero-order valence-corrected chi connectivity index (χ0v) is 11.5. The lowest BCUT2D eigenvalue weighted by molar-refractivity contribution is -0.392. The second-order valence-electron chi connectivity index (χ2n) is 3.96. The van der Waals surface area contributed by atoms with E-state index in [2.05, 4.69) is 20.2 Å². The van der Waals surface area contributed by atoms with Crippen LogP contribution in [-0.2, 0) is 7.05 Å². The first kappa shape index (κ1) is 13.2. The average Bonchev–Trinajstić information content (AvgIpc) is 3.08. The molecule has 21 heavy (non-hydrogen) atoms. The fourth-order valence-corrected chi connectivity index (χ4v) is 2.37. The molecular weight excluding hydrogens is 296 g/mol. The number of imidazole rings is 1. The van der Waals surface area contributed by atoms with Gasteiger partial charge >= 0.3 is 5.82 Å². The summed E-state index contributed by atoms with van der Waals surface area (Å²) in [7, 11) is 1.65. The Hall–Kier alpha value is -2.75. The summed E-state index contributed by atoms with van der Waals surface area (Å²) < 4.78 is 6.99. The van der Waals surface area contributed by atoms with Crippen LogP contribution in [0.25, 0.3) is 11.5 Å². The second-order valence-corrected chi connectivity index (χ2v) is 4.90. The smallest absolute Gasteiger partial charge is 0.396 e. The number of rotatable bonds is 4. The number of hydrogen-bond acceptors (Lipinski definition) is 8. The van der Waals surface area contributed by atoms with Crippen LogP contribution < -0.4 is 0 Å². The van der Waals surface area contributed by atoms with Gasteiger partial charge in [-0.3, -0.25) is 4.98 Å². The molecule has 3 rings (SSSR count). The van der Waals surface area contributed by atoms with E-state index in [0.29, 0.717) is 16.5 Å². The van der Waals surface area contributed by atoms with Crippen LogP contribution in [0.2, 0.25) is 0 Å². The van der Waals surface area contributed by atoms with Crippen molar-refractivity contribution in [3.8, 4) is 11.5 Å². The van der Waals surface area contributed by atoms with E-state index in [9.17, 15) is 10.1 Å². The highest BCUT2D eigenvalue weighted by Crippen LogP contribution is 2.33. The molecule has 0 spiro atoms. The van der Waals surface area contributed by atoms with Crippen molar-refractivity contribution in [2.24, 2.45) is 7.05 Å². The molecule has 0 fully saturated rings. The van der Waals surface area contributed by atoms with Gasteiger partial charge in [0.05, 0.1) is 5.56 Å². The fraction of sp³-hybridized carbons (Fsp3) is 0.0909. The van der Waals surface area contributed by atoms with E-state index in [4.69, 9.17) is 4.42 Å². The number of aromatic nitrogens is 5. The zero-order chi connectivity index (χ0) is 14.8. The van der Waals surface area contributed by atoms with Gasteiger partial charge in [-0.15, -0.1) is 10.2 Å². The molecule has 0 saturated heterocycles. The van der Waals surface area contributed by atoms with Crippen LogP contribution in [-0.4, -0.2) is 29.7 Å². The molecule has 0 radical (unpaired) electrons. The van der Waals surface area contributed by atoms with Crippen molar-refractivity contribution in [3.63, 3.8) is 0 Å². The lowest BCUT2D eigenvalue weighted by Crippen LogP contribution is -1.93. The van der Waals surface area contributed by atoms with Crippen molar-refractivity contribution in [2.45, 2.75) is 10.2 Å². The van der Waals surface area contributed by atoms with E-state index in [1.54, 1.807) is 31.6 Å². The van der Waals surface area contributed by atoms with Crippen LogP contribution in [0.3, 0.4) is 0 Å². The van der Waals surface area contributed by atoms with Crippen LogP contribution >= 0.6 is 11.8 Å². The lowest BCUT2D eigenvalue weighted by Gasteiger charge is -1.97. The Bertz CT molecular complexity index is 784. The van der Waals surface area contributed by atoms with Crippen molar-refractivity contribution >= 4 is 17.6 Å². The SMILES string of the molecule is Cn1cnc([N+](=O)[O-])c1Sc1nnc(-c2cccnc2)o1. The van der Waals surface area contributed by atoms with E-state index in [0.717, 1.165) is 11.8 Å². The van der Waals surface area contributed by atoms with Crippen molar-refractivity contribution in [1.82, 2.24) is 24.7 Å². The number of hydrogen-bond donors (Lipinski definition) is 0. The van der Waals surface area contributed by atoms with Gasteiger partial charge in [-0.2, -0.15) is 0 Å². The van der Waals surface area contributed by atoms with Crippen LogP contribution in [0.15, 0.2) is 45.5 Å². The molecule has 3 aromatic rings. The standard InChI is InChI=1S/C11H8N6O3S/c1-16-6-13-8(17(18)19)10(16)21-11-15-14-9(20-11)7-3-2-4-12-5-7/h2-6H,1H3. The Labute approximate surface area is 122 Å². The number of aryl methyl sites for hydroxylation is 1. The van der Waals surface area contributed by atoms with Crippen LogP contribution in [0.1, 0.15) is 0 Å². The second kappa shape index (κ2) is 5.32. The predicted octanol–water partition coefficient (Wildman–Crippen LogP) is 1.92. The molecular formula is C11H8N6O3S. The summed E-state index contributed by atoms with van der Waals surface area (Å²) in [6.07, 6.45) is 4.59.